The molecule has 0 aliphatic heterocycles. The van der Waals surface area contributed by atoms with Crippen LogP contribution in [0.5, 0.6) is 0 Å². The predicted octanol–water partition coefficient (Wildman–Crippen LogP) is -2.28. The molecule has 0 aromatic heterocycles. The van der Waals surface area contributed by atoms with E-state index in [1.54, 1.807) is 0 Å². The molecular weight excluding hydrogens is 133 g/mol. The summed E-state index contributed by atoms with van der Waals surface area (Å²) in [6, 6.07) is 0. The van der Waals surface area contributed by atoms with Crippen LogP contribution in [0.1, 0.15) is 0 Å². The zero-order chi connectivity index (χ0) is 6.78. The van der Waals surface area contributed by atoms with E-state index >= 15 is 0 Å². The van der Waals surface area contributed by atoms with Gasteiger partial charge >= 0.3 is 7.60 Å². The minimum atomic E-state index is -4.26. The lowest BCUT2D eigenvalue weighted by atomic mass is 10.7. The van der Waals surface area contributed by atoms with Crippen LogP contribution in [0.4, 0.5) is 0 Å². The van der Waals surface area contributed by atoms with Crippen molar-refractivity contribution in [2.75, 3.05) is 6.54 Å². The zero-order valence-electron chi connectivity index (χ0n) is 4.19. The molecule has 0 saturated heterocycles. The maximum atomic E-state index is 9.97. The Morgan fingerprint density at radius 1 is 1.62 bits per heavy atom. The van der Waals surface area contributed by atoms with Crippen molar-refractivity contribution in [3.05, 3.63) is 0 Å². The van der Waals surface area contributed by atoms with Crippen LogP contribution in [0.3, 0.4) is 0 Å². The van der Waals surface area contributed by atoms with E-state index in [4.69, 9.17) is 14.9 Å². The van der Waals surface area contributed by atoms with Crippen molar-refractivity contribution < 1.29 is 25.2 Å². The topological polar surface area (TPSA) is 105 Å². The highest BCUT2D eigenvalue weighted by atomic mass is 31.2. The van der Waals surface area contributed by atoms with Gasteiger partial charge in [0.2, 0.25) is 5.85 Å². The summed E-state index contributed by atoms with van der Waals surface area (Å²) in [4.78, 5) is 16.2. The molecular formula is C2H9NO4P+. The third kappa shape index (κ3) is 2.40. The number of hydrogen-bond acceptors (Lipinski definition) is 2. The van der Waals surface area contributed by atoms with Gasteiger partial charge in [-0.25, -0.2) is 0 Å². The van der Waals surface area contributed by atoms with Gasteiger partial charge in [-0.15, -0.1) is 0 Å². The van der Waals surface area contributed by atoms with Crippen LogP contribution in [0.15, 0.2) is 0 Å². The van der Waals surface area contributed by atoms with Gasteiger partial charge in [-0.05, 0) is 0 Å². The van der Waals surface area contributed by atoms with E-state index in [-0.39, 0.29) is 6.54 Å². The monoisotopic (exact) mass is 142 g/mol. The van der Waals surface area contributed by atoms with Crippen molar-refractivity contribution in [3.63, 3.8) is 0 Å². The lowest BCUT2D eigenvalue weighted by Crippen LogP contribution is -2.55. The smallest absolute Gasteiger partial charge is 0.359 e. The van der Waals surface area contributed by atoms with Gasteiger partial charge in [-0.3, -0.25) is 4.57 Å². The first kappa shape index (κ1) is 8.07. The summed E-state index contributed by atoms with van der Waals surface area (Å²) in [5.74, 6) is -1.59. The van der Waals surface area contributed by atoms with Gasteiger partial charge in [0, 0.05) is 0 Å². The average molecular weight is 142 g/mol. The summed E-state index contributed by atoms with van der Waals surface area (Å²) in [6.07, 6.45) is 0. The minimum absolute atomic E-state index is 0.162. The Morgan fingerprint density at radius 2 is 2.00 bits per heavy atom. The summed E-state index contributed by atoms with van der Waals surface area (Å²) in [7, 11) is -4.26. The van der Waals surface area contributed by atoms with Gasteiger partial charge in [0.25, 0.3) is 0 Å². The molecule has 6 N–H and O–H groups in total. The molecule has 6 heteroatoms. The quantitative estimate of drug-likeness (QED) is 0.326. The van der Waals surface area contributed by atoms with Crippen molar-refractivity contribution in [1.29, 1.82) is 0 Å². The van der Waals surface area contributed by atoms with E-state index in [2.05, 4.69) is 5.73 Å². The molecule has 5 nitrogen and oxygen atoms in total. The van der Waals surface area contributed by atoms with Crippen molar-refractivity contribution in [1.82, 2.24) is 0 Å². The van der Waals surface area contributed by atoms with E-state index in [0.717, 1.165) is 0 Å². The Balaban J connectivity index is 3.82. The molecule has 0 heterocycles. The van der Waals surface area contributed by atoms with E-state index < -0.39 is 13.4 Å². The summed E-state index contributed by atoms with van der Waals surface area (Å²) in [5.41, 5.74) is 3.11. The highest BCUT2D eigenvalue weighted by molar-refractivity contribution is 7.52. The Bertz CT molecular complexity index is 109. The molecule has 0 rings (SSSR count). The normalized spacial score (nSPS) is 16.0. The second kappa shape index (κ2) is 2.57. The molecule has 0 aromatic carbocycles. The van der Waals surface area contributed by atoms with E-state index in [0.29, 0.717) is 0 Å². The molecule has 0 bridgehead atoms. The Kier molecular flexibility index (Phi) is 2.59. The summed E-state index contributed by atoms with van der Waals surface area (Å²) < 4.78 is 9.97. The molecule has 0 amide bonds. The van der Waals surface area contributed by atoms with Gasteiger partial charge in [-0.1, -0.05) is 0 Å². The van der Waals surface area contributed by atoms with Crippen molar-refractivity contribution in [2.45, 2.75) is 5.85 Å². The molecule has 0 saturated carbocycles. The first-order valence-electron chi connectivity index (χ1n) is 2.01. The lowest BCUT2D eigenvalue weighted by Gasteiger charge is -2.05. The second-order valence-electron chi connectivity index (χ2n) is 1.36. The van der Waals surface area contributed by atoms with Crippen molar-refractivity contribution >= 4 is 7.60 Å². The molecule has 0 radical (unpaired) electrons. The fourth-order valence-electron chi connectivity index (χ4n) is 0.168. The van der Waals surface area contributed by atoms with Gasteiger partial charge in [0.15, 0.2) is 0 Å². The fraction of sp³-hybridized carbons (Fsp3) is 1.00. The molecule has 1 atom stereocenters. The molecule has 0 aliphatic rings. The minimum Gasteiger partial charge on any atom is -0.376 e. The Labute approximate surface area is 46.3 Å². The zero-order valence-corrected chi connectivity index (χ0v) is 5.08. The molecule has 0 spiro atoms. The van der Waals surface area contributed by atoms with Crippen LogP contribution in [0.2, 0.25) is 0 Å². The van der Waals surface area contributed by atoms with Crippen LogP contribution in [0, 0.1) is 0 Å². The summed E-state index contributed by atoms with van der Waals surface area (Å²) in [6.45, 7) is -0.162. The standard InChI is InChI=1S/C2H8NO4P/c3-1-2(4)8(5,6)7/h2,4H,1,3H2,(H2,5,6,7)/p+1/t2-/m1/s1. The van der Waals surface area contributed by atoms with E-state index in [1.807, 2.05) is 0 Å². The average Bonchev–Trinajstić information content (AvgIpc) is 1.62. The Morgan fingerprint density at radius 3 is 2.00 bits per heavy atom. The molecule has 8 heavy (non-hydrogen) atoms. The van der Waals surface area contributed by atoms with Crippen LogP contribution in [0.25, 0.3) is 0 Å². The first-order valence-corrected chi connectivity index (χ1v) is 3.69. The van der Waals surface area contributed by atoms with Gasteiger partial charge in [0.1, 0.15) is 6.54 Å². The number of quaternary nitrogens is 1. The van der Waals surface area contributed by atoms with E-state index in [9.17, 15) is 4.57 Å². The molecule has 0 aromatic rings. The highest BCUT2D eigenvalue weighted by Gasteiger charge is 2.25. The van der Waals surface area contributed by atoms with Gasteiger partial charge in [0.05, 0.1) is 0 Å². The molecule has 50 valence electrons. The van der Waals surface area contributed by atoms with Crippen LogP contribution >= 0.6 is 7.60 Å². The summed E-state index contributed by atoms with van der Waals surface area (Å²) in [5, 5.41) is 8.37. The number of hydrogen-bond donors (Lipinski definition) is 4. The van der Waals surface area contributed by atoms with Gasteiger partial charge in [-0.2, -0.15) is 0 Å². The molecule has 0 fully saturated rings. The van der Waals surface area contributed by atoms with Crippen LogP contribution < -0.4 is 5.73 Å². The Hall–Kier alpha value is 0.0700. The number of rotatable bonds is 2. The van der Waals surface area contributed by atoms with Crippen molar-refractivity contribution in [3.8, 4) is 0 Å². The highest BCUT2D eigenvalue weighted by Crippen LogP contribution is 2.38. The van der Waals surface area contributed by atoms with E-state index in [1.165, 1.54) is 0 Å². The molecule has 0 aliphatic carbocycles. The largest absolute Gasteiger partial charge is 0.376 e. The maximum absolute atomic E-state index is 9.97. The number of aliphatic hydroxyl groups is 1. The molecule has 0 unspecified atom stereocenters. The predicted molar refractivity (Wildman–Crippen MR) is 25.8 cm³/mol. The summed E-state index contributed by atoms with van der Waals surface area (Å²) >= 11 is 0. The first-order chi connectivity index (χ1) is 3.48. The maximum Gasteiger partial charge on any atom is 0.359 e. The SMILES string of the molecule is [NH3+]C[C@H](O)P(=O)(O)O. The third-order valence-corrected chi connectivity index (χ3v) is 1.68. The van der Waals surface area contributed by atoms with Crippen LogP contribution in [-0.4, -0.2) is 27.3 Å². The van der Waals surface area contributed by atoms with Crippen LogP contribution in [-0.2, 0) is 4.57 Å². The number of aliphatic hydroxyl groups excluding tert-OH is 1. The second-order valence-corrected chi connectivity index (χ2v) is 3.13. The third-order valence-electron chi connectivity index (χ3n) is 0.646. The van der Waals surface area contributed by atoms with Gasteiger partial charge < -0.3 is 20.6 Å². The fourth-order valence-corrected chi connectivity index (χ4v) is 0.505. The lowest BCUT2D eigenvalue weighted by molar-refractivity contribution is -0.377. The van der Waals surface area contributed by atoms with Crippen molar-refractivity contribution in [2.24, 2.45) is 0 Å².